The Kier molecular flexibility index (Phi) is 8.27. The quantitative estimate of drug-likeness (QED) is 0.579. The van der Waals surface area contributed by atoms with Crippen LogP contribution in [0.25, 0.3) is 0 Å². The minimum atomic E-state index is -2.25. The van der Waals surface area contributed by atoms with Gasteiger partial charge in [-0.2, -0.15) is 0 Å². The Bertz CT molecular complexity index is 631. The van der Waals surface area contributed by atoms with Crippen molar-refractivity contribution < 1.29 is 9.47 Å². The molecule has 0 aliphatic rings. The fraction of sp³-hybridized carbons (Fsp3) is 0.500. The van der Waals surface area contributed by atoms with Crippen LogP contribution in [0.15, 0.2) is 36.4 Å². The van der Waals surface area contributed by atoms with Crippen LogP contribution in [0.1, 0.15) is 49.9 Å². The topological polar surface area (TPSA) is 18.5 Å². The summed E-state index contributed by atoms with van der Waals surface area (Å²) in [6.45, 7) is 9.07. The third-order valence-electron chi connectivity index (χ3n) is 5.74. The van der Waals surface area contributed by atoms with Crippen LogP contribution >= 0.6 is 0 Å². The second-order valence-corrected chi connectivity index (χ2v) is 11.0. The van der Waals surface area contributed by atoms with Crippen LogP contribution in [0.2, 0.25) is 0 Å². The zero-order valence-electron chi connectivity index (χ0n) is 18.0. The predicted octanol–water partition coefficient (Wildman–Crippen LogP) is 3.87. The molecule has 0 atom stereocenters. The van der Waals surface area contributed by atoms with Crippen molar-refractivity contribution in [2.75, 3.05) is 26.7 Å². The Balaban J connectivity index is 2.96. The third kappa shape index (κ3) is 4.21. The molecule has 0 spiro atoms. The van der Waals surface area contributed by atoms with Crippen molar-refractivity contribution in [3.63, 3.8) is 0 Å². The molecule has 0 aromatic heterocycles. The summed E-state index contributed by atoms with van der Waals surface area (Å²) in [7, 11) is 1.44. The van der Waals surface area contributed by atoms with Gasteiger partial charge in [-0.1, -0.05) is 64.1 Å². The number of aryl methyl sites for hydroxylation is 4. The Morgan fingerprint density at radius 1 is 0.593 bits per heavy atom. The van der Waals surface area contributed by atoms with Gasteiger partial charge in [0.05, 0.1) is 12.5 Å². The molecule has 2 nitrogen and oxygen atoms in total. The number of benzene rings is 2. The number of hydrogen-bond donors (Lipinski definition) is 0. The van der Waals surface area contributed by atoms with E-state index in [1.807, 2.05) is 14.2 Å². The van der Waals surface area contributed by atoms with E-state index in [4.69, 9.17) is 9.47 Å². The van der Waals surface area contributed by atoms with Crippen LogP contribution in [-0.2, 0) is 35.2 Å². The van der Waals surface area contributed by atoms with Gasteiger partial charge in [-0.05, 0) is 58.3 Å². The van der Waals surface area contributed by atoms with Gasteiger partial charge < -0.3 is 9.47 Å². The lowest BCUT2D eigenvalue weighted by atomic mass is 10.1. The van der Waals surface area contributed by atoms with E-state index < -0.39 is 8.07 Å². The van der Waals surface area contributed by atoms with Crippen LogP contribution in [0.3, 0.4) is 0 Å². The summed E-state index contributed by atoms with van der Waals surface area (Å²) in [4.78, 5) is 0. The third-order valence-corrected chi connectivity index (χ3v) is 10.5. The highest BCUT2D eigenvalue weighted by Gasteiger charge is 2.43. The summed E-state index contributed by atoms with van der Waals surface area (Å²) in [5.41, 5.74) is 5.84. The van der Waals surface area contributed by atoms with E-state index in [0.717, 1.165) is 38.1 Å². The zero-order chi connectivity index (χ0) is 19.9. The molecule has 3 heteroatoms. The highest BCUT2D eigenvalue weighted by atomic mass is 28.3. The van der Waals surface area contributed by atoms with Gasteiger partial charge in [0.2, 0.25) is 0 Å². The average Bonchev–Trinajstić information content (AvgIpc) is 2.72. The van der Waals surface area contributed by atoms with Crippen LogP contribution in [-0.4, -0.2) is 34.8 Å². The summed E-state index contributed by atoms with van der Waals surface area (Å²) in [6.07, 6.45) is 5.69. The molecule has 0 bridgehead atoms. The first-order chi connectivity index (χ1) is 13.1. The first-order valence-electron chi connectivity index (χ1n) is 10.3. The fourth-order valence-electron chi connectivity index (χ4n) is 4.66. The van der Waals surface area contributed by atoms with E-state index in [1.54, 1.807) is 10.4 Å². The lowest BCUT2D eigenvalue weighted by Gasteiger charge is -2.37. The second kappa shape index (κ2) is 10.2. The predicted molar refractivity (Wildman–Crippen MR) is 119 cm³/mol. The Labute approximate surface area is 166 Å². The van der Waals surface area contributed by atoms with Gasteiger partial charge in [-0.3, -0.25) is 0 Å². The van der Waals surface area contributed by atoms with Crippen LogP contribution in [0.5, 0.6) is 0 Å². The van der Waals surface area contributed by atoms with Gasteiger partial charge in [0.15, 0.2) is 8.07 Å². The minimum absolute atomic E-state index is 0.759. The molecule has 0 heterocycles. The lowest BCUT2D eigenvalue weighted by molar-refractivity contribution is 0.220. The largest absolute Gasteiger partial charge is 0.387 e. The van der Waals surface area contributed by atoms with Crippen molar-refractivity contribution in [2.45, 2.75) is 53.4 Å². The van der Waals surface area contributed by atoms with Crippen molar-refractivity contribution in [2.24, 2.45) is 0 Å². The van der Waals surface area contributed by atoms with Gasteiger partial charge in [-0.15, -0.1) is 0 Å². The minimum Gasteiger partial charge on any atom is -0.387 e. The van der Waals surface area contributed by atoms with Crippen molar-refractivity contribution in [1.82, 2.24) is 0 Å². The summed E-state index contributed by atoms with van der Waals surface area (Å²) in [5.74, 6) is 0. The second-order valence-electron chi connectivity index (χ2n) is 7.26. The first-order valence-corrected chi connectivity index (χ1v) is 12.7. The van der Waals surface area contributed by atoms with Gasteiger partial charge in [0.1, 0.15) is 0 Å². The molecule has 0 saturated carbocycles. The van der Waals surface area contributed by atoms with Crippen LogP contribution in [0.4, 0.5) is 0 Å². The van der Waals surface area contributed by atoms with E-state index in [2.05, 4.69) is 64.1 Å². The smallest absolute Gasteiger partial charge is 0.172 e. The van der Waals surface area contributed by atoms with Gasteiger partial charge in [0.25, 0.3) is 0 Å². The average molecular weight is 385 g/mol. The highest BCUT2D eigenvalue weighted by Crippen LogP contribution is 2.20. The standard InChI is InChI=1S/C24H36O2Si/c1-7-19-13-11-14-20(8-2)23(19)27(17-25-5,18-26-6)24-21(9-3)15-12-16-22(24)10-4/h11-16H,7-10,17-18H2,1-6H3. The van der Waals surface area contributed by atoms with E-state index in [9.17, 15) is 0 Å². The zero-order valence-corrected chi connectivity index (χ0v) is 19.0. The number of methoxy groups -OCH3 is 2. The van der Waals surface area contributed by atoms with Gasteiger partial charge in [0, 0.05) is 14.2 Å². The normalized spacial score (nSPS) is 11.8. The van der Waals surface area contributed by atoms with E-state index >= 15 is 0 Å². The molecule has 0 N–H and O–H groups in total. The maximum absolute atomic E-state index is 5.95. The number of rotatable bonds is 10. The van der Waals surface area contributed by atoms with E-state index in [1.165, 1.54) is 22.3 Å². The molecular formula is C24H36O2Si. The molecule has 0 unspecified atom stereocenters. The van der Waals surface area contributed by atoms with Crippen molar-refractivity contribution >= 4 is 18.4 Å². The molecule has 0 radical (unpaired) electrons. The summed E-state index contributed by atoms with van der Waals surface area (Å²) in [5, 5.41) is 3.10. The highest BCUT2D eigenvalue weighted by molar-refractivity contribution is 7.03. The van der Waals surface area contributed by atoms with Gasteiger partial charge in [-0.25, -0.2) is 0 Å². The molecule has 148 valence electrons. The van der Waals surface area contributed by atoms with E-state index in [-0.39, 0.29) is 0 Å². The molecule has 2 aromatic carbocycles. The van der Waals surface area contributed by atoms with E-state index in [0.29, 0.717) is 0 Å². The van der Waals surface area contributed by atoms with Crippen molar-refractivity contribution in [1.29, 1.82) is 0 Å². The molecule has 0 amide bonds. The maximum atomic E-state index is 5.95. The van der Waals surface area contributed by atoms with Crippen molar-refractivity contribution in [3.8, 4) is 0 Å². The summed E-state index contributed by atoms with van der Waals surface area (Å²) in [6, 6.07) is 13.7. The molecule has 0 fully saturated rings. The van der Waals surface area contributed by atoms with Crippen LogP contribution in [0, 0.1) is 0 Å². The summed E-state index contributed by atoms with van der Waals surface area (Å²) >= 11 is 0. The molecule has 0 saturated heterocycles. The molecule has 2 aromatic rings. The molecular weight excluding hydrogens is 348 g/mol. The fourth-order valence-corrected chi connectivity index (χ4v) is 10.1. The molecule has 2 rings (SSSR count). The Morgan fingerprint density at radius 2 is 0.889 bits per heavy atom. The molecule has 0 aliphatic heterocycles. The van der Waals surface area contributed by atoms with Crippen molar-refractivity contribution in [3.05, 3.63) is 58.7 Å². The molecule has 0 aliphatic carbocycles. The SMILES string of the molecule is CCc1cccc(CC)c1[Si](COC)(COC)c1c(CC)cccc1CC. The molecule has 27 heavy (non-hydrogen) atoms. The monoisotopic (exact) mass is 384 g/mol. The number of hydrogen-bond acceptors (Lipinski definition) is 2. The maximum Gasteiger partial charge on any atom is 0.172 e. The van der Waals surface area contributed by atoms with Gasteiger partial charge >= 0.3 is 0 Å². The number of ether oxygens (including phenoxy) is 2. The summed E-state index contributed by atoms with van der Waals surface area (Å²) < 4.78 is 11.9. The Morgan fingerprint density at radius 3 is 1.11 bits per heavy atom. The first kappa shape index (κ1) is 21.9. The van der Waals surface area contributed by atoms with Crippen LogP contribution < -0.4 is 10.4 Å². The Hall–Kier alpha value is -1.42. The lowest BCUT2D eigenvalue weighted by Crippen LogP contribution is -2.69.